The number of halogens is 1. The number of hydrogen-bond donors (Lipinski definition) is 1. The average molecular weight is 505 g/mol. The van der Waals surface area contributed by atoms with Gasteiger partial charge in [0.15, 0.2) is 0 Å². The van der Waals surface area contributed by atoms with Crippen LogP contribution in [0.5, 0.6) is 0 Å². The molecule has 0 spiro atoms. The van der Waals surface area contributed by atoms with Gasteiger partial charge >= 0.3 is 0 Å². The van der Waals surface area contributed by atoms with Gasteiger partial charge in [-0.3, -0.25) is 4.79 Å². The van der Waals surface area contributed by atoms with E-state index in [1.807, 2.05) is 30.3 Å². The molecule has 5 rings (SSSR count). The molecule has 1 N–H and O–H groups in total. The Morgan fingerprint density at radius 1 is 0.917 bits per heavy atom. The smallest absolute Gasteiger partial charge is 0.238 e. The van der Waals surface area contributed by atoms with Crippen molar-refractivity contribution in [1.29, 1.82) is 0 Å². The lowest BCUT2D eigenvalue weighted by atomic mass is 9.74. The second-order valence-corrected chi connectivity index (χ2v) is 11.0. The molecule has 6 nitrogen and oxygen atoms in total. The van der Waals surface area contributed by atoms with E-state index in [0.29, 0.717) is 11.1 Å². The molecular formula is C28H25FN2O4S. The maximum Gasteiger partial charge on any atom is 0.238 e. The van der Waals surface area contributed by atoms with Crippen molar-refractivity contribution in [2.45, 2.75) is 23.8 Å². The van der Waals surface area contributed by atoms with E-state index in [2.05, 4.69) is 11.8 Å². The maximum atomic E-state index is 13.1. The molecule has 0 aliphatic carbocycles. The van der Waals surface area contributed by atoms with E-state index in [4.69, 9.17) is 0 Å². The summed E-state index contributed by atoms with van der Waals surface area (Å²) in [5.74, 6) is 5.09. The SMILES string of the molecule is O=C1CN(S(=O)(=O)Cc2ccccc2)C[C@@H]2[C@H](c3ccc(C#Cc4ccc(F)cc4)cc3)[C@H](CO)N12. The lowest BCUT2D eigenvalue weighted by Gasteiger charge is -2.58. The number of aliphatic hydroxyl groups excluding tert-OH is 1. The number of carbonyl (C=O) groups excluding carboxylic acids is 1. The van der Waals surface area contributed by atoms with Crippen LogP contribution in [0.3, 0.4) is 0 Å². The number of amides is 1. The van der Waals surface area contributed by atoms with Gasteiger partial charge in [-0.2, -0.15) is 4.31 Å². The van der Waals surface area contributed by atoms with Gasteiger partial charge in [0.1, 0.15) is 5.82 Å². The first-order valence-electron chi connectivity index (χ1n) is 11.7. The molecule has 184 valence electrons. The number of hydrogen-bond acceptors (Lipinski definition) is 4. The highest BCUT2D eigenvalue weighted by molar-refractivity contribution is 7.88. The Kier molecular flexibility index (Phi) is 6.63. The largest absolute Gasteiger partial charge is 0.394 e. The third kappa shape index (κ3) is 4.78. The summed E-state index contributed by atoms with van der Waals surface area (Å²) in [7, 11) is -3.68. The predicted octanol–water partition coefficient (Wildman–Crippen LogP) is 2.73. The van der Waals surface area contributed by atoms with Crippen molar-refractivity contribution >= 4 is 15.9 Å². The molecule has 3 aromatic carbocycles. The fourth-order valence-corrected chi connectivity index (χ4v) is 6.51. The first-order chi connectivity index (χ1) is 17.4. The molecule has 1 amide bonds. The van der Waals surface area contributed by atoms with Crippen LogP contribution in [-0.2, 0) is 20.6 Å². The fraction of sp³-hybridized carbons (Fsp3) is 0.250. The van der Waals surface area contributed by atoms with Gasteiger partial charge < -0.3 is 10.0 Å². The van der Waals surface area contributed by atoms with Crippen LogP contribution in [0, 0.1) is 17.7 Å². The first-order valence-corrected chi connectivity index (χ1v) is 13.3. The number of piperazine rings is 1. The number of sulfonamides is 1. The topological polar surface area (TPSA) is 77.9 Å². The van der Waals surface area contributed by atoms with Crippen molar-refractivity contribution in [2.75, 3.05) is 19.7 Å². The third-order valence-corrected chi connectivity index (χ3v) is 8.56. The van der Waals surface area contributed by atoms with Crippen LogP contribution in [0.15, 0.2) is 78.9 Å². The Morgan fingerprint density at radius 2 is 1.53 bits per heavy atom. The summed E-state index contributed by atoms with van der Waals surface area (Å²) >= 11 is 0. The zero-order chi connectivity index (χ0) is 25.3. The molecule has 36 heavy (non-hydrogen) atoms. The minimum Gasteiger partial charge on any atom is -0.394 e. The molecule has 2 saturated heterocycles. The second-order valence-electron chi connectivity index (χ2n) is 9.06. The Morgan fingerprint density at radius 3 is 2.14 bits per heavy atom. The second kappa shape index (κ2) is 9.86. The number of carbonyl (C=O) groups is 1. The molecule has 2 heterocycles. The molecule has 3 atom stereocenters. The molecule has 0 unspecified atom stereocenters. The Labute approximate surface area is 210 Å². The van der Waals surface area contributed by atoms with Gasteiger partial charge in [0.2, 0.25) is 15.9 Å². The number of benzene rings is 3. The molecule has 8 heteroatoms. The third-order valence-electron chi connectivity index (χ3n) is 6.80. The highest BCUT2D eigenvalue weighted by Gasteiger charge is 2.55. The molecule has 0 aromatic heterocycles. The van der Waals surface area contributed by atoms with E-state index in [1.54, 1.807) is 41.3 Å². The number of aliphatic hydroxyl groups is 1. The van der Waals surface area contributed by atoms with Crippen LogP contribution in [-0.4, -0.2) is 60.4 Å². The Hall–Kier alpha value is -3.51. The van der Waals surface area contributed by atoms with E-state index in [-0.39, 0.29) is 49.1 Å². The van der Waals surface area contributed by atoms with Gasteiger partial charge in [-0.25, -0.2) is 12.8 Å². The van der Waals surface area contributed by atoms with Gasteiger partial charge in [-0.1, -0.05) is 54.3 Å². The van der Waals surface area contributed by atoms with Crippen LogP contribution in [0.4, 0.5) is 4.39 Å². The van der Waals surface area contributed by atoms with E-state index >= 15 is 0 Å². The normalized spacial score (nSPS) is 21.8. The van der Waals surface area contributed by atoms with Gasteiger partial charge in [0.25, 0.3) is 0 Å². The average Bonchev–Trinajstić information content (AvgIpc) is 2.86. The van der Waals surface area contributed by atoms with Gasteiger partial charge in [0.05, 0.1) is 31.0 Å². The summed E-state index contributed by atoms with van der Waals surface area (Å²) in [6, 6.07) is 21.6. The van der Waals surface area contributed by atoms with Crippen molar-refractivity contribution in [3.63, 3.8) is 0 Å². The molecule has 2 aliphatic heterocycles. The summed E-state index contributed by atoms with van der Waals surface area (Å²) in [4.78, 5) is 14.5. The fourth-order valence-electron chi connectivity index (χ4n) is 5.02. The van der Waals surface area contributed by atoms with E-state index in [9.17, 15) is 22.7 Å². The van der Waals surface area contributed by atoms with Crippen LogP contribution in [0.25, 0.3) is 0 Å². The maximum absolute atomic E-state index is 13.1. The molecular weight excluding hydrogens is 479 g/mol. The van der Waals surface area contributed by atoms with Crippen molar-refractivity contribution in [3.8, 4) is 11.8 Å². The van der Waals surface area contributed by atoms with E-state index in [0.717, 1.165) is 11.1 Å². The van der Waals surface area contributed by atoms with Crippen molar-refractivity contribution in [1.82, 2.24) is 9.21 Å². The first kappa shape index (κ1) is 24.2. The summed E-state index contributed by atoms with van der Waals surface area (Å²) in [6.07, 6.45) is 0. The molecule has 0 radical (unpaired) electrons. The Bertz CT molecular complexity index is 1410. The van der Waals surface area contributed by atoms with Gasteiger partial charge in [-0.15, -0.1) is 0 Å². The molecule has 2 fully saturated rings. The lowest BCUT2D eigenvalue weighted by Crippen LogP contribution is -2.73. The summed E-state index contributed by atoms with van der Waals surface area (Å²) in [5, 5.41) is 10.0. The van der Waals surface area contributed by atoms with Crippen molar-refractivity contribution in [3.05, 3.63) is 107 Å². The van der Waals surface area contributed by atoms with E-state index in [1.165, 1.54) is 16.4 Å². The van der Waals surface area contributed by atoms with Gasteiger partial charge in [-0.05, 0) is 47.5 Å². The van der Waals surface area contributed by atoms with Crippen LogP contribution >= 0.6 is 0 Å². The predicted molar refractivity (Wildman–Crippen MR) is 134 cm³/mol. The van der Waals surface area contributed by atoms with Crippen LogP contribution in [0.2, 0.25) is 0 Å². The number of nitrogens with zero attached hydrogens (tertiary/aromatic N) is 2. The summed E-state index contributed by atoms with van der Waals surface area (Å²) < 4.78 is 40.5. The van der Waals surface area contributed by atoms with Crippen LogP contribution < -0.4 is 0 Å². The molecule has 0 saturated carbocycles. The lowest BCUT2D eigenvalue weighted by molar-refractivity contribution is -0.158. The van der Waals surface area contributed by atoms with Gasteiger partial charge in [0, 0.05) is 23.6 Å². The van der Waals surface area contributed by atoms with Crippen molar-refractivity contribution < 1.29 is 22.7 Å². The monoisotopic (exact) mass is 504 g/mol. The number of rotatable bonds is 5. The molecule has 2 aliphatic rings. The minimum absolute atomic E-state index is 0.163. The molecule has 3 aromatic rings. The minimum atomic E-state index is -3.68. The summed E-state index contributed by atoms with van der Waals surface area (Å²) in [6.45, 7) is -0.225. The number of fused-ring (bicyclic) bond motifs is 1. The zero-order valence-electron chi connectivity index (χ0n) is 19.4. The highest BCUT2D eigenvalue weighted by Crippen LogP contribution is 2.43. The van der Waals surface area contributed by atoms with Crippen LogP contribution in [0.1, 0.15) is 28.2 Å². The molecule has 0 bridgehead atoms. The highest BCUT2D eigenvalue weighted by atomic mass is 32.2. The standard InChI is InChI=1S/C28H25FN2O4S/c29-24-14-10-21(11-15-24)7-6-20-8-12-23(13-9-20)28-25-16-30(17-27(33)31(25)26(28)18-32)36(34,35)19-22-4-2-1-3-5-22/h1-5,8-15,25-26,28,32H,16-19H2/t25-,26+,28+/m1/s1. The zero-order valence-corrected chi connectivity index (χ0v) is 20.2. The van der Waals surface area contributed by atoms with E-state index < -0.39 is 16.1 Å². The van der Waals surface area contributed by atoms with Crippen molar-refractivity contribution in [2.24, 2.45) is 0 Å². The Balaban J connectivity index is 1.34. The quantitative estimate of drug-likeness (QED) is 0.542. The summed E-state index contributed by atoms with van der Waals surface area (Å²) in [5.41, 5.74) is 3.06.